The molecule has 0 atom stereocenters. The summed E-state index contributed by atoms with van der Waals surface area (Å²) in [5.41, 5.74) is 2.68. The van der Waals surface area contributed by atoms with E-state index in [0.29, 0.717) is 56.9 Å². The van der Waals surface area contributed by atoms with Crippen LogP contribution in [-0.2, 0) is 17.8 Å². The van der Waals surface area contributed by atoms with Crippen LogP contribution in [0.5, 0.6) is 0 Å². The van der Waals surface area contributed by atoms with Crippen molar-refractivity contribution in [2.75, 3.05) is 26.2 Å². The van der Waals surface area contributed by atoms with Crippen molar-refractivity contribution in [1.82, 2.24) is 15.1 Å². The third-order valence-electron chi connectivity index (χ3n) is 5.76. The molecule has 0 spiro atoms. The van der Waals surface area contributed by atoms with Gasteiger partial charge in [0, 0.05) is 44.7 Å². The van der Waals surface area contributed by atoms with Crippen molar-refractivity contribution in [2.24, 2.45) is 0 Å². The number of piperazine rings is 1. The lowest BCUT2D eigenvalue weighted by molar-refractivity contribution is -0.121. The van der Waals surface area contributed by atoms with E-state index in [0.717, 1.165) is 11.1 Å². The van der Waals surface area contributed by atoms with Crippen LogP contribution in [0.2, 0.25) is 0 Å². The zero-order valence-electron chi connectivity index (χ0n) is 18.4. The summed E-state index contributed by atoms with van der Waals surface area (Å²) in [6.45, 7) is 2.32. The first-order chi connectivity index (χ1) is 16.1. The van der Waals surface area contributed by atoms with Crippen LogP contribution in [0.3, 0.4) is 0 Å². The molecule has 3 aromatic rings. The molecule has 3 amide bonds. The molecule has 170 valence electrons. The van der Waals surface area contributed by atoms with Gasteiger partial charge in [-0.15, -0.1) is 0 Å². The first kappa shape index (κ1) is 22.3. The van der Waals surface area contributed by atoms with Gasteiger partial charge in [0.25, 0.3) is 11.8 Å². The lowest BCUT2D eigenvalue weighted by Crippen LogP contribution is -2.50. The van der Waals surface area contributed by atoms with Crippen molar-refractivity contribution in [3.05, 3.63) is 95.4 Å². The molecule has 1 fully saturated rings. The molecule has 1 N–H and O–H groups in total. The van der Waals surface area contributed by atoms with Gasteiger partial charge in [0.1, 0.15) is 0 Å². The third-order valence-corrected chi connectivity index (χ3v) is 5.76. The maximum atomic E-state index is 12.8. The van der Waals surface area contributed by atoms with Gasteiger partial charge in [0.05, 0.1) is 6.26 Å². The predicted molar refractivity (Wildman–Crippen MR) is 124 cm³/mol. The smallest absolute Gasteiger partial charge is 0.289 e. The molecule has 1 saturated heterocycles. The number of benzene rings is 2. The van der Waals surface area contributed by atoms with Crippen molar-refractivity contribution in [3.8, 4) is 0 Å². The molecule has 0 radical (unpaired) electrons. The molecule has 4 rings (SSSR count). The molecule has 1 aromatic heterocycles. The molecule has 2 aromatic carbocycles. The average Bonchev–Trinajstić information content (AvgIpc) is 3.41. The number of carbonyl (C=O) groups is 3. The zero-order chi connectivity index (χ0) is 23.0. The summed E-state index contributed by atoms with van der Waals surface area (Å²) in [5.74, 6) is 0.110. The molecule has 1 aliphatic heterocycles. The van der Waals surface area contributed by atoms with E-state index in [9.17, 15) is 14.4 Å². The Morgan fingerprint density at radius 1 is 0.758 bits per heavy atom. The molecule has 7 heteroatoms. The van der Waals surface area contributed by atoms with E-state index in [1.165, 1.54) is 6.26 Å². The van der Waals surface area contributed by atoms with Gasteiger partial charge < -0.3 is 19.5 Å². The molecule has 0 saturated carbocycles. The number of hydrogen-bond donors (Lipinski definition) is 1. The van der Waals surface area contributed by atoms with Crippen molar-refractivity contribution in [1.29, 1.82) is 0 Å². The minimum Gasteiger partial charge on any atom is -0.459 e. The number of carbonyl (C=O) groups excluding carboxylic acids is 3. The number of furan rings is 1. The summed E-state index contributed by atoms with van der Waals surface area (Å²) in [6.07, 6.45) is 2.63. The minimum atomic E-state index is -0.151. The Balaban J connectivity index is 1.22. The lowest BCUT2D eigenvalue weighted by Gasteiger charge is -2.34. The molecule has 2 heterocycles. The highest BCUT2D eigenvalue weighted by molar-refractivity contribution is 5.95. The Labute approximate surface area is 193 Å². The highest BCUT2D eigenvalue weighted by Gasteiger charge is 2.26. The number of nitrogens with one attached hydrogen (secondary N) is 1. The second-order valence-corrected chi connectivity index (χ2v) is 8.02. The van der Waals surface area contributed by atoms with E-state index in [1.807, 2.05) is 42.5 Å². The second-order valence-electron chi connectivity index (χ2n) is 8.02. The number of aryl methyl sites for hydroxylation is 1. The van der Waals surface area contributed by atoms with Crippen molar-refractivity contribution < 1.29 is 18.8 Å². The SMILES string of the molecule is O=C(CCc1ccccc1)NCc1ccc(C(=O)N2CCN(C(=O)c3ccco3)CC2)cc1. The summed E-state index contributed by atoms with van der Waals surface area (Å²) >= 11 is 0. The Bertz CT molecular complexity index is 1070. The standard InChI is InChI=1S/C26H27N3O4/c30-24(13-10-20-5-2-1-3-6-20)27-19-21-8-11-22(12-9-21)25(31)28-14-16-29(17-15-28)26(32)23-7-4-18-33-23/h1-9,11-12,18H,10,13-17,19H2,(H,27,30). The Morgan fingerprint density at radius 3 is 2.06 bits per heavy atom. The number of nitrogens with zero attached hydrogens (tertiary/aromatic N) is 2. The van der Waals surface area contributed by atoms with Crippen LogP contribution < -0.4 is 5.32 Å². The summed E-state index contributed by atoms with van der Waals surface area (Å²) in [4.78, 5) is 40.8. The third kappa shape index (κ3) is 5.88. The van der Waals surface area contributed by atoms with Crippen LogP contribution in [-0.4, -0.2) is 53.7 Å². The summed E-state index contributed by atoms with van der Waals surface area (Å²) in [5, 5.41) is 2.93. The molecular formula is C26H27N3O4. The highest BCUT2D eigenvalue weighted by atomic mass is 16.3. The Morgan fingerprint density at radius 2 is 1.42 bits per heavy atom. The molecule has 33 heavy (non-hydrogen) atoms. The maximum Gasteiger partial charge on any atom is 0.289 e. The average molecular weight is 446 g/mol. The van der Waals surface area contributed by atoms with Crippen LogP contribution in [0.15, 0.2) is 77.4 Å². The van der Waals surface area contributed by atoms with Gasteiger partial charge in [-0.05, 0) is 41.8 Å². The van der Waals surface area contributed by atoms with Crippen molar-refractivity contribution >= 4 is 17.7 Å². The van der Waals surface area contributed by atoms with E-state index < -0.39 is 0 Å². The molecular weight excluding hydrogens is 418 g/mol. The molecule has 0 bridgehead atoms. The minimum absolute atomic E-state index is 0.000900. The van der Waals surface area contributed by atoms with Crippen LogP contribution >= 0.6 is 0 Å². The topological polar surface area (TPSA) is 82.9 Å². The first-order valence-corrected chi connectivity index (χ1v) is 11.1. The van der Waals surface area contributed by atoms with E-state index in [1.54, 1.807) is 34.1 Å². The van der Waals surface area contributed by atoms with E-state index in [4.69, 9.17) is 4.42 Å². The van der Waals surface area contributed by atoms with Gasteiger partial charge in [-0.1, -0.05) is 42.5 Å². The lowest BCUT2D eigenvalue weighted by atomic mass is 10.1. The van der Waals surface area contributed by atoms with Gasteiger partial charge in [0.15, 0.2) is 5.76 Å². The molecule has 1 aliphatic rings. The monoisotopic (exact) mass is 445 g/mol. The number of amides is 3. The zero-order valence-corrected chi connectivity index (χ0v) is 18.4. The molecule has 7 nitrogen and oxygen atoms in total. The van der Waals surface area contributed by atoms with E-state index >= 15 is 0 Å². The van der Waals surface area contributed by atoms with Crippen LogP contribution in [0, 0.1) is 0 Å². The highest BCUT2D eigenvalue weighted by Crippen LogP contribution is 2.13. The van der Waals surface area contributed by atoms with Gasteiger partial charge in [-0.25, -0.2) is 0 Å². The number of hydrogen-bond acceptors (Lipinski definition) is 4. The largest absolute Gasteiger partial charge is 0.459 e. The van der Waals surface area contributed by atoms with Crippen LogP contribution in [0.4, 0.5) is 0 Å². The molecule has 0 aliphatic carbocycles. The van der Waals surface area contributed by atoms with Gasteiger partial charge in [0.2, 0.25) is 5.91 Å². The first-order valence-electron chi connectivity index (χ1n) is 11.1. The van der Waals surface area contributed by atoms with Crippen molar-refractivity contribution in [3.63, 3.8) is 0 Å². The van der Waals surface area contributed by atoms with Gasteiger partial charge >= 0.3 is 0 Å². The normalized spacial score (nSPS) is 13.6. The fourth-order valence-electron chi connectivity index (χ4n) is 3.81. The van der Waals surface area contributed by atoms with E-state index in [-0.39, 0.29) is 17.7 Å². The summed E-state index contributed by atoms with van der Waals surface area (Å²) in [7, 11) is 0. The van der Waals surface area contributed by atoms with E-state index in [2.05, 4.69) is 5.32 Å². The summed E-state index contributed by atoms with van der Waals surface area (Å²) in [6, 6.07) is 20.6. The fourth-order valence-corrected chi connectivity index (χ4v) is 3.81. The quantitative estimate of drug-likeness (QED) is 0.606. The van der Waals surface area contributed by atoms with Crippen LogP contribution in [0.25, 0.3) is 0 Å². The van der Waals surface area contributed by atoms with Gasteiger partial charge in [-0.2, -0.15) is 0 Å². The number of rotatable bonds is 7. The fraction of sp³-hybridized carbons (Fsp3) is 0.269. The Hall–Kier alpha value is -3.87. The summed E-state index contributed by atoms with van der Waals surface area (Å²) < 4.78 is 5.17. The Kier molecular flexibility index (Phi) is 7.19. The second kappa shape index (κ2) is 10.6. The van der Waals surface area contributed by atoms with Crippen LogP contribution in [0.1, 0.15) is 38.5 Å². The van der Waals surface area contributed by atoms with Crippen molar-refractivity contribution in [2.45, 2.75) is 19.4 Å². The van der Waals surface area contributed by atoms with Gasteiger partial charge in [-0.3, -0.25) is 14.4 Å². The predicted octanol–water partition coefficient (Wildman–Crippen LogP) is 3.13. The maximum absolute atomic E-state index is 12.8. The molecule has 0 unspecified atom stereocenters.